The van der Waals surface area contributed by atoms with Gasteiger partial charge in [0.2, 0.25) is 0 Å². The zero-order valence-corrected chi connectivity index (χ0v) is 13.9. The van der Waals surface area contributed by atoms with Gasteiger partial charge in [0.25, 0.3) is 0 Å². The fraction of sp³-hybridized carbons (Fsp3) is 0.571. The van der Waals surface area contributed by atoms with E-state index in [4.69, 9.17) is 16.3 Å². The zero-order valence-electron chi connectivity index (χ0n) is 11.5. The molecule has 5 heteroatoms. The van der Waals surface area contributed by atoms with E-state index in [2.05, 4.69) is 40.1 Å². The molecule has 3 nitrogen and oxygen atoms in total. The van der Waals surface area contributed by atoms with Gasteiger partial charge in [0.15, 0.2) is 5.75 Å². The minimum atomic E-state index is 0.463. The van der Waals surface area contributed by atoms with Crippen LogP contribution in [0.4, 0.5) is 5.69 Å². The van der Waals surface area contributed by atoms with Crippen LogP contribution in [0.15, 0.2) is 16.6 Å². The van der Waals surface area contributed by atoms with Gasteiger partial charge >= 0.3 is 0 Å². The lowest BCUT2D eigenvalue weighted by atomic mass is 9.98. The summed E-state index contributed by atoms with van der Waals surface area (Å²) < 4.78 is 6.32. The molecule has 2 atom stereocenters. The smallest absolute Gasteiger partial charge is 0.156 e. The number of hydrogen-bond donors (Lipinski definition) is 1. The first-order valence-electron chi connectivity index (χ1n) is 6.51. The molecule has 1 aromatic carbocycles. The van der Waals surface area contributed by atoms with E-state index >= 15 is 0 Å². The van der Waals surface area contributed by atoms with E-state index in [0.717, 1.165) is 35.3 Å². The SMILES string of the molecule is COc1c(Br)cc(Cl)cc1NC1CCN(C)C(C)C1. The van der Waals surface area contributed by atoms with Gasteiger partial charge in [-0.1, -0.05) is 11.6 Å². The Morgan fingerprint density at radius 2 is 2.21 bits per heavy atom. The Labute approximate surface area is 128 Å². The normalized spacial score (nSPS) is 24.3. The number of likely N-dealkylation sites (tertiary alicyclic amines) is 1. The fourth-order valence-corrected chi connectivity index (χ4v) is 3.49. The van der Waals surface area contributed by atoms with Crippen molar-refractivity contribution in [2.24, 2.45) is 0 Å². The van der Waals surface area contributed by atoms with Crippen LogP contribution in [0.5, 0.6) is 5.75 Å². The van der Waals surface area contributed by atoms with Crippen molar-refractivity contribution in [3.8, 4) is 5.75 Å². The third-order valence-electron chi connectivity index (χ3n) is 3.78. The number of nitrogens with one attached hydrogen (secondary N) is 1. The van der Waals surface area contributed by atoms with Crippen LogP contribution < -0.4 is 10.1 Å². The number of ether oxygens (including phenoxy) is 1. The van der Waals surface area contributed by atoms with Crippen molar-refractivity contribution in [2.45, 2.75) is 31.8 Å². The van der Waals surface area contributed by atoms with Crippen molar-refractivity contribution in [3.05, 3.63) is 21.6 Å². The van der Waals surface area contributed by atoms with Crippen LogP contribution in [0.1, 0.15) is 19.8 Å². The van der Waals surface area contributed by atoms with E-state index in [1.165, 1.54) is 0 Å². The molecule has 1 saturated heterocycles. The van der Waals surface area contributed by atoms with Gasteiger partial charge in [-0.2, -0.15) is 0 Å². The predicted octanol–water partition coefficient (Wildman–Crippen LogP) is 4.01. The number of piperidine rings is 1. The molecule has 0 aromatic heterocycles. The highest BCUT2D eigenvalue weighted by Crippen LogP contribution is 2.37. The molecule has 1 N–H and O–H groups in total. The molecule has 0 amide bonds. The van der Waals surface area contributed by atoms with Gasteiger partial charge in [-0.05, 0) is 54.9 Å². The van der Waals surface area contributed by atoms with Gasteiger partial charge in [-0.15, -0.1) is 0 Å². The minimum Gasteiger partial charge on any atom is -0.493 e. The molecule has 1 heterocycles. The van der Waals surface area contributed by atoms with Crippen molar-refractivity contribution >= 4 is 33.2 Å². The number of rotatable bonds is 3. The largest absolute Gasteiger partial charge is 0.493 e. The molecule has 2 unspecified atom stereocenters. The Hall–Kier alpha value is -0.450. The molecule has 0 bridgehead atoms. The summed E-state index contributed by atoms with van der Waals surface area (Å²) in [5, 5.41) is 4.27. The number of hydrogen-bond acceptors (Lipinski definition) is 3. The predicted molar refractivity (Wildman–Crippen MR) is 84.4 cm³/mol. The van der Waals surface area contributed by atoms with Crippen LogP contribution in [-0.4, -0.2) is 37.7 Å². The molecule has 0 aliphatic carbocycles. The Kier molecular flexibility index (Phi) is 4.98. The lowest BCUT2D eigenvalue weighted by Gasteiger charge is -2.36. The maximum atomic E-state index is 6.11. The molecule has 0 saturated carbocycles. The van der Waals surface area contributed by atoms with E-state index in [0.29, 0.717) is 17.1 Å². The first kappa shape index (κ1) is 14.9. The zero-order chi connectivity index (χ0) is 14.0. The maximum Gasteiger partial charge on any atom is 0.156 e. The summed E-state index contributed by atoms with van der Waals surface area (Å²) in [6.07, 6.45) is 2.26. The average Bonchev–Trinajstić information content (AvgIpc) is 2.33. The van der Waals surface area contributed by atoms with Crippen molar-refractivity contribution in [1.82, 2.24) is 4.90 Å². The summed E-state index contributed by atoms with van der Waals surface area (Å²) in [7, 11) is 3.86. The van der Waals surface area contributed by atoms with E-state index in [1.807, 2.05) is 12.1 Å². The van der Waals surface area contributed by atoms with Crippen molar-refractivity contribution in [1.29, 1.82) is 0 Å². The van der Waals surface area contributed by atoms with Crippen LogP contribution in [0.25, 0.3) is 0 Å². The first-order valence-corrected chi connectivity index (χ1v) is 7.68. The highest BCUT2D eigenvalue weighted by Gasteiger charge is 2.23. The third-order valence-corrected chi connectivity index (χ3v) is 4.59. The number of benzene rings is 1. The molecular formula is C14H20BrClN2O. The molecule has 1 fully saturated rings. The standard InChI is InChI=1S/C14H20BrClN2O/c1-9-6-11(4-5-18(9)2)17-13-8-10(16)7-12(15)14(13)19-3/h7-9,11,17H,4-6H2,1-3H3. The summed E-state index contributed by atoms with van der Waals surface area (Å²) in [5.74, 6) is 0.816. The molecule has 1 aliphatic heterocycles. The van der Waals surface area contributed by atoms with E-state index in [9.17, 15) is 0 Å². The summed E-state index contributed by atoms with van der Waals surface area (Å²) >= 11 is 9.60. The summed E-state index contributed by atoms with van der Waals surface area (Å²) in [5.41, 5.74) is 0.962. The van der Waals surface area contributed by atoms with Gasteiger partial charge in [-0.25, -0.2) is 0 Å². The lowest BCUT2D eigenvalue weighted by Crippen LogP contribution is -2.42. The monoisotopic (exact) mass is 346 g/mol. The van der Waals surface area contributed by atoms with Gasteiger partial charge in [-0.3, -0.25) is 0 Å². The maximum absolute atomic E-state index is 6.11. The summed E-state index contributed by atoms with van der Waals surface area (Å²) in [4.78, 5) is 2.39. The lowest BCUT2D eigenvalue weighted by molar-refractivity contribution is 0.190. The van der Waals surface area contributed by atoms with Crippen molar-refractivity contribution in [2.75, 3.05) is 26.0 Å². The highest BCUT2D eigenvalue weighted by atomic mass is 79.9. The number of methoxy groups -OCH3 is 1. The minimum absolute atomic E-state index is 0.463. The first-order chi connectivity index (χ1) is 9.01. The molecule has 19 heavy (non-hydrogen) atoms. The number of nitrogens with zero attached hydrogens (tertiary/aromatic N) is 1. The fourth-order valence-electron chi connectivity index (χ4n) is 2.52. The Bertz CT molecular complexity index is 455. The Morgan fingerprint density at radius 3 is 2.84 bits per heavy atom. The van der Waals surface area contributed by atoms with Crippen LogP contribution >= 0.6 is 27.5 Å². The van der Waals surface area contributed by atoms with E-state index < -0.39 is 0 Å². The quantitative estimate of drug-likeness (QED) is 0.894. The second kappa shape index (κ2) is 6.33. The molecule has 1 aromatic rings. The van der Waals surface area contributed by atoms with Gasteiger partial charge in [0.05, 0.1) is 17.3 Å². The molecule has 106 valence electrons. The van der Waals surface area contributed by atoms with Crippen LogP contribution in [0.2, 0.25) is 5.02 Å². The number of anilines is 1. The molecule has 2 rings (SSSR count). The Balaban J connectivity index is 2.15. The Morgan fingerprint density at radius 1 is 1.47 bits per heavy atom. The van der Waals surface area contributed by atoms with Crippen LogP contribution in [0.3, 0.4) is 0 Å². The van der Waals surface area contributed by atoms with Crippen molar-refractivity contribution in [3.63, 3.8) is 0 Å². The van der Waals surface area contributed by atoms with Gasteiger partial charge in [0.1, 0.15) is 0 Å². The molecule has 0 spiro atoms. The van der Waals surface area contributed by atoms with E-state index in [1.54, 1.807) is 7.11 Å². The van der Waals surface area contributed by atoms with Gasteiger partial charge < -0.3 is 15.0 Å². The van der Waals surface area contributed by atoms with E-state index in [-0.39, 0.29) is 0 Å². The van der Waals surface area contributed by atoms with Gasteiger partial charge in [0, 0.05) is 23.7 Å². The second-order valence-corrected chi connectivity index (χ2v) is 6.45. The molecule has 1 aliphatic rings. The van der Waals surface area contributed by atoms with Crippen molar-refractivity contribution < 1.29 is 4.74 Å². The molecular weight excluding hydrogens is 328 g/mol. The summed E-state index contributed by atoms with van der Waals surface area (Å²) in [6.45, 7) is 3.38. The molecule has 0 radical (unpaired) electrons. The van der Waals surface area contributed by atoms with Crippen LogP contribution in [0, 0.1) is 0 Å². The second-order valence-electron chi connectivity index (χ2n) is 5.16. The number of halogens is 2. The average molecular weight is 348 g/mol. The van der Waals surface area contributed by atoms with Crippen LogP contribution in [-0.2, 0) is 0 Å². The topological polar surface area (TPSA) is 24.5 Å². The summed E-state index contributed by atoms with van der Waals surface area (Å²) in [6, 6.07) is 4.84. The third kappa shape index (κ3) is 3.56. The highest BCUT2D eigenvalue weighted by molar-refractivity contribution is 9.10.